The van der Waals surface area contributed by atoms with Crippen molar-refractivity contribution in [1.29, 1.82) is 0 Å². The normalized spacial score (nSPS) is 14.9. The van der Waals surface area contributed by atoms with Crippen LogP contribution in [0.15, 0.2) is 42.5 Å². The number of benzene rings is 2. The highest BCUT2D eigenvalue weighted by Crippen LogP contribution is 2.22. The quantitative estimate of drug-likeness (QED) is 0.859. The summed E-state index contributed by atoms with van der Waals surface area (Å²) in [5.74, 6) is -0.339. The standard InChI is InChI=1S/C17H17ClFN3O/c18-16-11-13(20)3-6-15(16)17(23)22-9-7-21(8-10-22)14-4-1-12(19)2-5-14/h1-6,11H,7-10,20H2. The SMILES string of the molecule is Nc1ccc(C(=O)N2CCN(c3ccc(F)cc3)CC2)c(Cl)c1. The summed E-state index contributed by atoms with van der Waals surface area (Å²) in [6.45, 7) is 2.59. The minimum atomic E-state index is -0.249. The molecule has 1 aliphatic rings. The van der Waals surface area contributed by atoms with E-state index in [9.17, 15) is 9.18 Å². The van der Waals surface area contributed by atoms with E-state index in [1.54, 1.807) is 35.2 Å². The fourth-order valence-corrected chi connectivity index (χ4v) is 2.96. The maximum Gasteiger partial charge on any atom is 0.255 e. The van der Waals surface area contributed by atoms with Gasteiger partial charge in [-0.25, -0.2) is 4.39 Å². The summed E-state index contributed by atoms with van der Waals surface area (Å²) in [4.78, 5) is 16.5. The van der Waals surface area contributed by atoms with Crippen LogP contribution >= 0.6 is 11.6 Å². The number of piperazine rings is 1. The molecule has 0 spiro atoms. The van der Waals surface area contributed by atoms with Crippen LogP contribution in [0.2, 0.25) is 5.02 Å². The van der Waals surface area contributed by atoms with Crippen molar-refractivity contribution in [1.82, 2.24) is 4.90 Å². The van der Waals surface area contributed by atoms with Crippen LogP contribution in [-0.4, -0.2) is 37.0 Å². The van der Waals surface area contributed by atoms with Gasteiger partial charge in [-0.1, -0.05) is 11.6 Å². The summed E-state index contributed by atoms with van der Waals surface area (Å²) in [5, 5.41) is 0.371. The van der Waals surface area contributed by atoms with Gasteiger partial charge in [0.05, 0.1) is 10.6 Å². The number of hydrogen-bond donors (Lipinski definition) is 1. The smallest absolute Gasteiger partial charge is 0.255 e. The van der Waals surface area contributed by atoms with E-state index in [1.807, 2.05) is 0 Å². The van der Waals surface area contributed by atoms with Crippen molar-refractivity contribution in [3.63, 3.8) is 0 Å². The molecule has 2 N–H and O–H groups in total. The molecule has 2 aromatic carbocycles. The third kappa shape index (κ3) is 3.40. The molecule has 2 aromatic rings. The third-order valence-electron chi connectivity index (χ3n) is 3.98. The van der Waals surface area contributed by atoms with Crippen LogP contribution < -0.4 is 10.6 Å². The number of hydrogen-bond acceptors (Lipinski definition) is 3. The summed E-state index contributed by atoms with van der Waals surface area (Å²) in [6, 6.07) is 11.3. The second-order valence-corrected chi connectivity index (χ2v) is 5.90. The molecule has 0 aromatic heterocycles. The second-order valence-electron chi connectivity index (χ2n) is 5.49. The van der Waals surface area contributed by atoms with E-state index < -0.39 is 0 Å². The van der Waals surface area contributed by atoms with Gasteiger partial charge < -0.3 is 15.5 Å². The van der Waals surface area contributed by atoms with Gasteiger partial charge in [0.2, 0.25) is 0 Å². The zero-order valence-corrected chi connectivity index (χ0v) is 13.3. The largest absolute Gasteiger partial charge is 0.399 e. The van der Waals surface area contributed by atoms with Gasteiger partial charge in [-0.15, -0.1) is 0 Å². The molecule has 1 saturated heterocycles. The fourth-order valence-electron chi connectivity index (χ4n) is 2.69. The Balaban J connectivity index is 1.66. The number of carbonyl (C=O) groups excluding carboxylic acids is 1. The first-order valence-electron chi connectivity index (χ1n) is 7.39. The number of anilines is 2. The van der Waals surface area contributed by atoms with Crippen molar-refractivity contribution >= 4 is 28.9 Å². The molecule has 120 valence electrons. The first kappa shape index (κ1) is 15.6. The number of nitrogen functional groups attached to an aromatic ring is 1. The molecule has 23 heavy (non-hydrogen) atoms. The predicted octanol–water partition coefficient (Wildman–Crippen LogP) is 3.02. The lowest BCUT2D eigenvalue weighted by atomic mass is 10.1. The lowest BCUT2D eigenvalue weighted by Crippen LogP contribution is -2.48. The van der Waals surface area contributed by atoms with Crippen LogP contribution in [0.4, 0.5) is 15.8 Å². The molecule has 1 heterocycles. The molecular formula is C17H17ClFN3O. The Bertz CT molecular complexity index is 712. The Morgan fingerprint density at radius 1 is 1.04 bits per heavy atom. The molecule has 0 aliphatic carbocycles. The minimum Gasteiger partial charge on any atom is -0.399 e. The molecule has 0 bridgehead atoms. The number of carbonyl (C=O) groups is 1. The molecule has 6 heteroatoms. The summed E-state index contributed by atoms with van der Waals surface area (Å²) in [5.41, 5.74) is 7.62. The fraction of sp³-hybridized carbons (Fsp3) is 0.235. The Hall–Kier alpha value is -2.27. The lowest BCUT2D eigenvalue weighted by molar-refractivity contribution is 0.0747. The van der Waals surface area contributed by atoms with Gasteiger partial charge in [0.15, 0.2) is 0 Å². The zero-order chi connectivity index (χ0) is 16.4. The van der Waals surface area contributed by atoms with E-state index in [4.69, 9.17) is 17.3 Å². The summed E-state index contributed by atoms with van der Waals surface area (Å²) < 4.78 is 13.0. The molecule has 4 nitrogen and oxygen atoms in total. The Labute approximate surface area is 139 Å². The van der Waals surface area contributed by atoms with Gasteiger partial charge in [0.1, 0.15) is 5.82 Å². The van der Waals surface area contributed by atoms with Gasteiger partial charge in [-0.2, -0.15) is 0 Å². The molecule has 1 fully saturated rings. The van der Waals surface area contributed by atoms with Crippen molar-refractivity contribution in [3.05, 3.63) is 58.9 Å². The van der Waals surface area contributed by atoms with E-state index in [1.165, 1.54) is 12.1 Å². The third-order valence-corrected chi connectivity index (χ3v) is 4.29. The van der Waals surface area contributed by atoms with Crippen molar-refractivity contribution in [2.45, 2.75) is 0 Å². The number of nitrogens with two attached hydrogens (primary N) is 1. The zero-order valence-electron chi connectivity index (χ0n) is 12.5. The van der Waals surface area contributed by atoms with Crippen molar-refractivity contribution in [3.8, 4) is 0 Å². The van der Waals surface area contributed by atoms with Gasteiger partial charge in [0.25, 0.3) is 5.91 Å². The molecule has 3 rings (SSSR count). The van der Waals surface area contributed by atoms with E-state index >= 15 is 0 Å². The first-order valence-corrected chi connectivity index (χ1v) is 7.77. The summed E-state index contributed by atoms with van der Waals surface area (Å²) >= 11 is 6.11. The lowest BCUT2D eigenvalue weighted by Gasteiger charge is -2.36. The Morgan fingerprint density at radius 2 is 1.70 bits per heavy atom. The van der Waals surface area contributed by atoms with Crippen LogP contribution in [-0.2, 0) is 0 Å². The van der Waals surface area contributed by atoms with Crippen LogP contribution in [0.5, 0.6) is 0 Å². The monoisotopic (exact) mass is 333 g/mol. The van der Waals surface area contributed by atoms with Crippen LogP contribution in [0.1, 0.15) is 10.4 Å². The molecule has 0 radical (unpaired) electrons. The molecule has 1 amide bonds. The van der Waals surface area contributed by atoms with E-state index in [2.05, 4.69) is 4.90 Å². The second kappa shape index (κ2) is 6.46. The van der Waals surface area contributed by atoms with Gasteiger partial charge in [-0.05, 0) is 42.5 Å². The maximum absolute atomic E-state index is 13.0. The maximum atomic E-state index is 13.0. The highest BCUT2D eigenvalue weighted by molar-refractivity contribution is 6.34. The number of rotatable bonds is 2. The van der Waals surface area contributed by atoms with Crippen LogP contribution in [0.3, 0.4) is 0 Å². The van der Waals surface area contributed by atoms with E-state index in [0.29, 0.717) is 42.5 Å². The minimum absolute atomic E-state index is 0.0891. The molecule has 0 saturated carbocycles. The average molecular weight is 334 g/mol. The molecule has 0 atom stereocenters. The Morgan fingerprint density at radius 3 is 2.30 bits per heavy atom. The predicted molar refractivity (Wildman–Crippen MR) is 90.4 cm³/mol. The van der Waals surface area contributed by atoms with Gasteiger partial charge in [0, 0.05) is 37.6 Å². The average Bonchev–Trinajstić information content (AvgIpc) is 2.55. The number of nitrogens with zero attached hydrogens (tertiary/aromatic N) is 2. The first-order chi connectivity index (χ1) is 11.0. The Kier molecular flexibility index (Phi) is 4.39. The van der Waals surface area contributed by atoms with E-state index in [-0.39, 0.29) is 11.7 Å². The van der Waals surface area contributed by atoms with Gasteiger partial charge in [-0.3, -0.25) is 4.79 Å². The van der Waals surface area contributed by atoms with Crippen molar-refractivity contribution < 1.29 is 9.18 Å². The van der Waals surface area contributed by atoms with E-state index in [0.717, 1.165) is 5.69 Å². The molecular weight excluding hydrogens is 317 g/mol. The highest BCUT2D eigenvalue weighted by atomic mass is 35.5. The topological polar surface area (TPSA) is 49.6 Å². The van der Waals surface area contributed by atoms with Gasteiger partial charge >= 0.3 is 0 Å². The molecule has 0 unspecified atom stereocenters. The highest BCUT2D eigenvalue weighted by Gasteiger charge is 2.23. The summed E-state index contributed by atoms with van der Waals surface area (Å²) in [6.07, 6.45) is 0. The van der Waals surface area contributed by atoms with Crippen LogP contribution in [0, 0.1) is 5.82 Å². The van der Waals surface area contributed by atoms with Crippen molar-refractivity contribution in [2.75, 3.05) is 36.8 Å². The number of halogens is 2. The molecule has 1 aliphatic heterocycles. The van der Waals surface area contributed by atoms with Crippen LogP contribution in [0.25, 0.3) is 0 Å². The number of amides is 1. The summed E-state index contributed by atoms with van der Waals surface area (Å²) in [7, 11) is 0. The van der Waals surface area contributed by atoms with Crippen molar-refractivity contribution in [2.24, 2.45) is 0 Å².